The van der Waals surface area contributed by atoms with Crippen LogP contribution < -0.4 is 4.90 Å². The van der Waals surface area contributed by atoms with Gasteiger partial charge in [-0.2, -0.15) is 0 Å². The van der Waals surface area contributed by atoms with Crippen molar-refractivity contribution >= 4 is 32.9 Å². The van der Waals surface area contributed by atoms with Gasteiger partial charge in [-0.15, -0.1) is 0 Å². The average molecular weight is 338 g/mol. The molecule has 0 bridgehead atoms. The van der Waals surface area contributed by atoms with Gasteiger partial charge in [0.2, 0.25) is 0 Å². The van der Waals surface area contributed by atoms with Crippen molar-refractivity contribution < 1.29 is 0 Å². The number of allylic oxidation sites excluding steroid dienone is 4. The largest absolute Gasteiger partial charge is 0.337 e. The molecule has 0 N–H and O–H groups in total. The van der Waals surface area contributed by atoms with Gasteiger partial charge in [-0.05, 0) is 35.9 Å². The number of hydrogen-bond donors (Lipinski definition) is 0. The van der Waals surface area contributed by atoms with Gasteiger partial charge < -0.3 is 4.90 Å². The Morgan fingerprint density at radius 2 is 1.71 bits per heavy atom. The van der Waals surface area contributed by atoms with Crippen molar-refractivity contribution in [1.82, 2.24) is 0 Å². The lowest BCUT2D eigenvalue weighted by molar-refractivity contribution is 1.09. The number of halogens is 1. The van der Waals surface area contributed by atoms with E-state index in [1.807, 2.05) is 6.08 Å². The number of fused-ring (bicyclic) bond motifs is 1. The summed E-state index contributed by atoms with van der Waals surface area (Å²) in [6, 6.07) is 16.8. The van der Waals surface area contributed by atoms with E-state index in [2.05, 4.69) is 94.2 Å². The highest BCUT2D eigenvalue weighted by Gasteiger charge is 2.13. The number of rotatable bonds is 1. The van der Waals surface area contributed by atoms with Crippen LogP contribution in [0.3, 0.4) is 0 Å². The Kier molecular flexibility index (Phi) is 4.07. The topological polar surface area (TPSA) is 3.24 Å². The van der Waals surface area contributed by atoms with Gasteiger partial charge in [0, 0.05) is 28.0 Å². The molecule has 1 heterocycles. The van der Waals surface area contributed by atoms with Crippen molar-refractivity contribution in [1.29, 1.82) is 0 Å². The molecule has 1 aliphatic heterocycles. The lowest BCUT2D eigenvalue weighted by Gasteiger charge is -2.26. The summed E-state index contributed by atoms with van der Waals surface area (Å²) in [4.78, 5) is 2.30. The molecule has 2 aromatic rings. The minimum atomic E-state index is 0.830. The molecular weight excluding hydrogens is 322 g/mol. The fourth-order valence-corrected chi connectivity index (χ4v) is 2.72. The third kappa shape index (κ3) is 3.01. The quantitative estimate of drug-likeness (QED) is 0.642. The molecule has 0 saturated heterocycles. The molecule has 2 aromatic carbocycles. The highest BCUT2D eigenvalue weighted by atomic mass is 79.9. The molecule has 2 heteroatoms. The Morgan fingerprint density at radius 3 is 2.52 bits per heavy atom. The highest BCUT2D eigenvalue weighted by molar-refractivity contribution is 9.10. The number of para-hydroxylation sites is 1. The van der Waals surface area contributed by atoms with E-state index >= 15 is 0 Å². The second-order valence-electron chi connectivity index (χ2n) is 4.92. The van der Waals surface area contributed by atoms with Gasteiger partial charge in [0.05, 0.1) is 0 Å². The minimum absolute atomic E-state index is 0.830. The molecule has 0 unspecified atom stereocenters. The van der Waals surface area contributed by atoms with Crippen LogP contribution in [-0.4, -0.2) is 6.54 Å². The van der Waals surface area contributed by atoms with Gasteiger partial charge in [-0.3, -0.25) is 0 Å². The van der Waals surface area contributed by atoms with E-state index in [1.165, 1.54) is 16.9 Å². The van der Waals surface area contributed by atoms with Crippen molar-refractivity contribution in [3.05, 3.63) is 89.5 Å². The van der Waals surface area contributed by atoms with Crippen molar-refractivity contribution in [2.24, 2.45) is 0 Å². The van der Waals surface area contributed by atoms with Gasteiger partial charge in [0.15, 0.2) is 0 Å². The Hall–Kier alpha value is -2.06. The first-order valence-corrected chi connectivity index (χ1v) is 7.69. The van der Waals surface area contributed by atoms with E-state index in [9.17, 15) is 0 Å². The summed E-state index contributed by atoms with van der Waals surface area (Å²) >= 11 is 3.49. The fourth-order valence-electron chi connectivity index (χ4n) is 2.45. The summed E-state index contributed by atoms with van der Waals surface area (Å²) in [6.07, 6.45) is 8.33. The number of nitrogens with zero attached hydrogens (tertiary/aromatic N) is 1. The molecule has 0 radical (unpaired) electrons. The van der Waals surface area contributed by atoms with E-state index in [-0.39, 0.29) is 0 Å². The Labute approximate surface area is 134 Å². The van der Waals surface area contributed by atoms with Crippen LogP contribution in [0.1, 0.15) is 5.56 Å². The smallest absolute Gasteiger partial charge is 0.0493 e. The standard InChI is InChI=1S/C19H16BrN/c1-15-7-3-2-6-14-21(17-12-10-16(20)11-13-17)19-9-5-4-8-18(15)19/h2-13H,1,14H2/b6-2-,7-3-. The van der Waals surface area contributed by atoms with Crippen LogP contribution >= 0.6 is 15.9 Å². The minimum Gasteiger partial charge on any atom is -0.337 e. The molecule has 1 aliphatic rings. The number of benzene rings is 2. The van der Waals surface area contributed by atoms with Gasteiger partial charge in [0.1, 0.15) is 0 Å². The molecule has 0 fully saturated rings. The molecule has 0 spiro atoms. The summed E-state index contributed by atoms with van der Waals surface area (Å²) in [6.45, 7) is 5.02. The van der Waals surface area contributed by atoms with Crippen LogP contribution in [0.4, 0.5) is 11.4 Å². The molecule has 3 rings (SSSR count). The van der Waals surface area contributed by atoms with Crippen molar-refractivity contribution in [3.8, 4) is 0 Å². The lowest BCUT2D eigenvalue weighted by Crippen LogP contribution is -2.18. The van der Waals surface area contributed by atoms with E-state index < -0.39 is 0 Å². The third-order valence-corrected chi connectivity index (χ3v) is 4.04. The summed E-state index contributed by atoms with van der Waals surface area (Å²) in [5.41, 5.74) is 4.55. The molecule has 0 atom stereocenters. The van der Waals surface area contributed by atoms with Crippen LogP contribution in [0.25, 0.3) is 5.57 Å². The van der Waals surface area contributed by atoms with E-state index in [0.717, 1.165) is 16.6 Å². The molecule has 0 amide bonds. The van der Waals surface area contributed by atoms with Gasteiger partial charge in [-0.25, -0.2) is 0 Å². The SMILES string of the molecule is C=C1/C=C\C=C/CN(c2ccc(Br)cc2)c2ccccc21. The Bertz CT molecular complexity index is 711. The molecule has 21 heavy (non-hydrogen) atoms. The Balaban J connectivity index is 2.13. The summed E-state index contributed by atoms with van der Waals surface area (Å²) in [7, 11) is 0. The molecule has 104 valence electrons. The number of anilines is 2. The van der Waals surface area contributed by atoms with Crippen molar-refractivity contribution in [3.63, 3.8) is 0 Å². The molecule has 0 aliphatic carbocycles. The normalized spacial score (nSPS) is 17.4. The second kappa shape index (κ2) is 6.15. The average Bonchev–Trinajstić information content (AvgIpc) is 2.59. The van der Waals surface area contributed by atoms with Crippen LogP contribution in [0.2, 0.25) is 0 Å². The first-order chi connectivity index (χ1) is 10.3. The number of hydrogen-bond acceptors (Lipinski definition) is 1. The summed E-state index contributed by atoms with van der Waals surface area (Å²) in [5, 5.41) is 0. The van der Waals surface area contributed by atoms with Gasteiger partial charge in [0.25, 0.3) is 0 Å². The fraction of sp³-hybridized carbons (Fsp3) is 0.0526. The zero-order chi connectivity index (χ0) is 14.7. The van der Waals surface area contributed by atoms with Crippen LogP contribution in [0.15, 0.2) is 83.9 Å². The van der Waals surface area contributed by atoms with E-state index in [0.29, 0.717) is 0 Å². The monoisotopic (exact) mass is 337 g/mol. The first-order valence-electron chi connectivity index (χ1n) is 6.90. The maximum Gasteiger partial charge on any atom is 0.0493 e. The first kappa shape index (κ1) is 13.9. The maximum atomic E-state index is 4.19. The maximum absolute atomic E-state index is 4.19. The van der Waals surface area contributed by atoms with Crippen molar-refractivity contribution in [2.45, 2.75) is 0 Å². The third-order valence-electron chi connectivity index (χ3n) is 3.51. The molecule has 0 saturated carbocycles. The van der Waals surface area contributed by atoms with Crippen LogP contribution in [-0.2, 0) is 0 Å². The second-order valence-corrected chi connectivity index (χ2v) is 5.83. The van der Waals surface area contributed by atoms with Crippen LogP contribution in [0.5, 0.6) is 0 Å². The zero-order valence-corrected chi connectivity index (χ0v) is 13.3. The predicted molar refractivity (Wildman–Crippen MR) is 94.9 cm³/mol. The van der Waals surface area contributed by atoms with Gasteiger partial charge >= 0.3 is 0 Å². The van der Waals surface area contributed by atoms with Crippen molar-refractivity contribution in [2.75, 3.05) is 11.4 Å². The molecule has 1 nitrogen and oxygen atoms in total. The zero-order valence-electron chi connectivity index (χ0n) is 11.7. The molecule has 0 aromatic heterocycles. The van der Waals surface area contributed by atoms with E-state index in [1.54, 1.807) is 0 Å². The lowest BCUT2D eigenvalue weighted by atomic mass is 10.0. The summed E-state index contributed by atoms with van der Waals surface area (Å²) < 4.78 is 1.09. The summed E-state index contributed by atoms with van der Waals surface area (Å²) in [5.74, 6) is 0. The molecular formula is C19H16BrN. The van der Waals surface area contributed by atoms with Gasteiger partial charge in [-0.1, -0.05) is 65.0 Å². The highest BCUT2D eigenvalue weighted by Crippen LogP contribution is 2.33. The van der Waals surface area contributed by atoms with E-state index in [4.69, 9.17) is 0 Å². The Morgan fingerprint density at radius 1 is 0.952 bits per heavy atom. The van der Waals surface area contributed by atoms with Crippen LogP contribution in [0, 0.1) is 0 Å². The predicted octanol–water partition coefficient (Wildman–Crippen LogP) is 5.73.